The molecule has 0 bridgehead atoms. The second kappa shape index (κ2) is 8.87. The summed E-state index contributed by atoms with van der Waals surface area (Å²) in [7, 11) is 0. The molecule has 2 aromatic heterocycles. The highest BCUT2D eigenvalue weighted by molar-refractivity contribution is 7.09. The average Bonchev–Trinajstić information content (AvgIpc) is 3.20. The summed E-state index contributed by atoms with van der Waals surface area (Å²) >= 11 is 14.2. The number of nitrogens with one attached hydrogen (secondary N) is 1. The Morgan fingerprint density at radius 2 is 1.96 bits per heavy atom. The topological polar surface area (TPSA) is 68.0 Å². The number of hydrogen-bond donors (Lipinski definition) is 1. The Morgan fingerprint density at radius 3 is 2.63 bits per heavy atom. The highest BCUT2D eigenvalue weighted by Crippen LogP contribution is 2.36. The number of nitrogens with zero attached hydrogens (tertiary/aromatic N) is 2. The van der Waals surface area contributed by atoms with E-state index >= 15 is 0 Å². The number of carbonyl (C=O) groups excluding carboxylic acids is 1. The lowest BCUT2D eigenvalue weighted by molar-refractivity contribution is 0.0952. The third-order valence-corrected chi connectivity index (χ3v) is 5.72. The van der Waals surface area contributed by atoms with Crippen LogP contribution in [-0.2, 0) is 6.42 Å². The molecule has 142 valence electrons. The van der Waals surface area contributed by atoms with Crippen molar-refractivity contribution >= 4 is 40.4 Å². The highest BCUT2D eigenvalue weighted by Gasteiger charge is 2.24. The summed E-state index contributed by atoms with van der Waals surface area (Å²) in [5, 5.41) is 10.9. The van der Waals surface area contributed by atoms with Gasteiger partial charge in [0.15, 0.2) is 0 Å². The molecule has 1 amide bonds. The molecule has 0 saturated carbocycles. The van der Waals surface area contributed by atoms with E-state index in [1.54, 1.807) is 36.5 Å². The van der Waals surface area contributed by atoms with Crippen LogP contribution < -0.4 is 5.32 Å². The van der Waals surface area contributed by atoms with Crippen LogP contribution in [0.1, 0.15) is 39.7 Å². The van der Waals surface area contributed by atoms with Crippen LogP contribution in [0.4, 0.5) is 0 Å². The second-order valence-electron chi connectivity index (χ2n) is 6.15. The summed E-state index contributed by atoms with van der Waals surface area (Å²) in [5.74, 6) is 0.182. The first-order valence-electron chi connectivity index (χ1n) is 8.57. The second-order valence-corrected chi connectivity index (χ2v) is 7.91. The SMILES string of the molecule is Cc1csc(CCCCNC(=O)c2c(-c3c(Cl)cccc3Cl)noc2C)n1. The lowest BCUT2D eigenvalue weighted by Gasteiger charge is -2.08. The molecule has 0 fully saturated rings. The van der Waals surface area contributed by atoms with Gasteiger partial charge < -0.3 is 9.84 Å². The summed E-state index contributed by atoms with van der Waals surface area (Å²) in [5.41, 5.74) is 2.28. The van der Waals surface area contributed by atoms with Gasteiger partial charge in [-0.05, 0) is 45.2 Å². The van der Waals surface area contributed by atoms with Gasteiger partial charge in [0.2, 0.25) is 0 Å². The van der Waals surface area contributed by atoms with Crippen molar-refractivity contribution < 1.29 is 9.32 Å². The molecule has 0 aliphatic heterocycles. The third-order valence-electron chi connectivity index (χ3n) is 4.06. The van der Waals surface area contributed by atoms with Crippen molar-refractivity contribution in [2.24, 2.45) is 0 Å². The molecular formula is C19H19Cl2N3O2S. The fourth-order valence-electron chi connectivity index (χ4n) is 2.74. The number of amides is 1. The lowest BCUT2D eigenvalue weighted by atomic mass is 10.1. The van der Waals surface area contributed by atoms with Crippen LogP contribution in [0, 0.1) is 13.8 Å². The van der Waals surface area contributed by atoms with Crippen LogP contribution in [0.2, 0.25) is 10.0 Å². The largest absolute Gasteiger partial charge is 0.360 e. The third kappa shape index (κ3) is 4.69. The number of benzene rings is 1. The van der Waals surface area contributed by atoms with E-state index in [1.165, 1.54) is 0 Å². The number of rotatable bonds is 7. The maximum atomic E-state index is 12.7. The molecule has 0 aliphatic carbocycles. The van der Waals surface area contributed by atoms with Crippen LogP contribution in [-0.4, -0.2) is 22.6 Å². The van der Waals surface area contributed by atoms with Crippen molar-refractivity contribution in [3.63, 3.8) is 0 Å². The van der Waals surface area contributed by atoms with Gasteiger partial charge in [0.25, 0.3) is 5.91 Å². The average molecular weight is 424 g/mol. The van der Waals surface area contributed by atoms with Gasteiger partial charge >= 0.3 is 0 Å². The predicted octanol–water partition coefficient (Wildman–Crippen LogP) is 5.47. The summed E-state index contributed by atoms with van der Waals surface area (Å²) in [6.07, 6.45) is 2.73. The Hall–Kier alpha value is -1.89. The van der Waals surface area contributed by atoms with Gasteiger partial charge in [0.1, 0.15) is 17.0 Å². The zero-order valence-electron chi connectivity index (χ0n) is 15.0. The molecule has 5 nitrogen and oxygen atoms in total. The first-order valence-corrected chi connectivity index (χ1v) is 10.2. The molecule has 1 N–H and O–H groups in total. The van der Waals surface area contributed by atoms with Crippen LogP contribution in [0.25, 0.3) is 11.3 Å². The zero-order valence-corrected chi connectivity index (χ0v) is 17.3. The molecule has 0 unspecified atom stereocenters. The van der Waals surface area contributed by atoms with E-state index in [4.69, 9.17) is 27.7 Å². The monoisotopic (exact) mass is 423 g/mol. The number of aromatic nitrogens is 2. The minimum absolute atomic E-state index is 0.246. The highest BCUT2D eigenvalue weighted by atomic mass is 35.5. The molecule has 8 heteroatoms. The fourth-order valence-corrected chi connectivity index (χ4v) is 4.14. The minimum atomic E-state index is -0.246. The maximum absolute atomic E-state index is 12.7. The van der Waals surface area contributed by atoms with E-state index < -0.39 is 0 Å². The Kier molecular flexibility index (Phi) is 6.52. The van der Waals surface area contributed by atoms with E-state index in [0.717, 1.165) is 30.0 Å². The minimum Gasteiger partial charge on any atom is -0.360 e. The predicted molar refractivity (Wildman–Crippen MR) is 109 cm³/mol. The molecule has 3 aromatic rings. The summed E-state index contributed by atoms with van der Waals surface area (Å²) < 4.78 is 5.23. The smallest absolute Gasteiger partial charge is 0.257 e. The van der Waals surface area contributed by atoms with Gasteiger partial charge in [0, 0.05) is 23.2 Å². The molecular weight excluding hydrogens is 405 g/mol. The number of thiazole rings is 1. The Bertz CT molecular complexity index is 932. The van der Waals surface area contributed by atoms with Crippen molar-refractivity contribution in [2.45, 2.75) is 33.1 Å². The van der Waals surface area contributed by atoms with E-state index in [9.17, 15) is 4.79 Å². The fraction of sp³-hybridized carbons (Fsp3) is 0.316. The van der Waals surface area contributed by atoms with E-state index in [1.807, 2.05) is 12.3 Å². The number of aryl methyl sites for hydroxylation is 3. The summed E-state index contributed by atoms with van der Waals surface area (Å²) in [6, 6.07) is 5.15. The van der Waals surface area contributed by atoms with E-state index in [2.05, 4.69) is 15.5 Å². The van der Waals surface area contributed by atoms with E-state index in [0.29, 0.717) is 39.2 Å². The van der Waals surface area contributed by atoms with Crippen molar-refractivity contribution in [3.05, 3.63) is 55.6 Å². The van der Waals surface area contributed by atoms with Gasteiger partial charge in [-0.2, -0.15) is 0 Å². The molecule has 0 aliphatic rings. The number of unbranched alkanes of at least 4 members (excludes halogenated alkanes) is 1. The van der Waals surface area contributed by atoms with Crippen molar-refractivity contribution in [1.82, 2.24) is 15.5 Å². The Morgan fingerprint density at radius 1 is 1.22 bits per heavy atom. The standard InChI is InChI=1S/C19H19Cl2N3O2S/c1-11-10-27-15(23-11)8-3-4-9-22-19(25)16-12(2)26-24-18(16)17-13(20)6-5-7-14(17)21/h5-7,10H,3-4,8-9H2,1-2H3,(H,22,25). The number of hydrogen-bond acceptors (Lipinski definition) is 5. The number of carbonyl (C=O) groups is 1. The van der Waals surface area contributed by atoms with Crippen LogP contribution >= 0.6 is 34.5 Å². The molecule has 1 aromatic carbocycles. The Balaban J connectivity index is 1.63. The molecule has 3 rings (SSSR count). The number of halogens is 2. The van der Waals surface area contributed by atoms with Gasteiger partial charge in [-0.3, -0.25) is 4.79 Å². The molecule has 0 atom stereocenters. The van der Waals surface area contributed by atoms with Gasteiger partial charge in [0.05, 0.1) is 15.1 Å². The van der Waals surface area contributed by atoms with Gasteiger partial charge in [-0.25, -0.2) is 4.98 Å². The molecule has 27 heavy (non-hydrogen) atoms. The molecule has 0 spiro atoms. The van der Waals surface area contributed by atoms with Crippen molar-refractivity contribution in [1.29, 1.82) is 0 Å². The first-order chi connectivity index (χ1) is 13.0. The van der Waals surface area contributed by atoms with Gasteiger partial charge in [-0.15, -0.1) is 11.3 Å². The quantitative estimate of drug-likeness (QED) is 0.511. The van der Waals surface area contributed by atoms with E-state index in [-0.39, 0.29) is 5.91 Å². The maximum Gasteiger partial charge on any atom is 0.257 e. The first kappa shape index (κ1) is 19.9. The van der Waals surface area contributed by atoms with Gasteiger partial charge in [-0.1, -0.05) is 34.4 Å². The molecule has 0 saturated heterocycles. The normalized spacial score (nSPS) is 11.0. The van der Waals surface area contributed by atoms with Crippen LogP contribution in [0.5, 0.6) is 0 Å². The molecule has 2 heterocycles. The summed E-state index contributed by atoms with van der Waals surface area (Å²) in [4.78, 5) is 17.1. The Labute approximate surface area is 171 Å². The van der Waals surface area contributed by atoms with Crippen LogP contribution in [0.3, 0.4) is 0 Å². The van der Waals surface area contributed by atoms with Crippen LogP contribution in [0.15, 0.2) is 28.1 Å². The zero-order chi connectivity index (χ0) is 19.4. The summed E-state index contributed by atoms with van der Waals surface area (Å²) in [6.45, 7) is 4.24. The molecule has 0 radical (unpaired) electrons. The van der Waals surface area contributed by atoms with Crippen molar-refractivity contribution in [2.75, 3.05) is 6.54 Å². The van der Waals surface area contributed by atoms with Crippen molar-refractivity contribution in [3.8, 4) is 11.3 Å². The lowest BCUT2D eigenvalue weighted by Crippen LogP contribution is -2.25.